The number of hydrogen-bond acceptors (Lipinski definition) is 4. The molecule has 1 N–H and O–H groups in total. The van der Waals surface area contributed by atoms with Gasteiger partial charge in [-0.1, -0.05) is 30.3 Å². The van der Waals surface area contributed by atoms with E-state index in [-0.39, 0.29) is 23.1 Å². The number of nitrogens with zero attached hydrogens (tertiary/aromatic N) is 2. The van der Waals surface area contributed by atoms with Crippen LogP contribution >= 0.6 is 0 Å². The van der Waals surface area contributed by atoms with Crippen molar-refractivity contribution in [2.24, 2.45) is 0 Å². The fraction of sp³-hybridized carbons (Fsp3) is 0.318. The molecule has 0 bridgehead atoms. The molecule has 0 spiro atoms. The van der Waals surface area contributed by atoms with Gasteiger partial charge in [0, 0.05) is 23.6 Å². The van der Waals surface area contributed by atoms with E-state index in [1.54, 1.807) is 22.8 Å². The number of nitrogens with one attached hydrogen (secondary N) is 1. The highest BCUT2D eigenvalue weighted by Crippen LogP contribution is 2.28. The summed E-state index contributed by atoms with van der Waals surface area (Å²) in [7, 11) is 0.269. The molecule has 0 saturated heterocycles. The van der Waals surface area contributed by atoms with Crippen LogP contribution in [0.1, 0.15) is 12.0 Å². The normalized spacial score (nSPS) is 11.9. The molecule has 1 amide bonds. The molecule has 0 aliphatic heterocycles. The van der Waals surface area contributed by atoms with Crippen LogP contribution in [-0.2, 0) is 26.9 Å². The molecule has 3 rings (SSSR count). The van der Waals surface area contributed by atoms with Crippen LogP contribution < -0.4 is 5.32 Å². The summed E-state index contributed by atoms with van der Waals surface area (Å²) in [6.45, 7) is 1.47. The maximum atomic E-state index is 13.1. The van der Waals surface area contributed by atoms with E-state index in [0.717, 1.165) is 13.0 Å². The van der Waals surface area contributed by atoms with Crippen LogP contribution in [0.4, 0.5) is 4.39 Å². The molecule has 6 nitrogen and oxygen atoms in total. The zero-order valence-corrected chi connectivity index (χ0v) is 18.0. The maximum absolute atomic E-state index is 13.1. The Kier molecular flexibility index (Phi) is 6.89. The molecule has 1 heterocycles. The Bertz CT molecular complexity index is 1120. The summed E-state index contributed by atoms with van der Waals surface area (Å²) < 4.78 is 40.9. The van der Waals surface area contributed by atoms with Crippen LogP contribution in [0.5, 0.6) is 0 Å². The highest BCUT2D eigenvalue weighted by atomic mass is 32.2. The van der Waals surface area contributed by atoms with Crippen LogP contribution in [0.15, 0.2) is 59.6 Å². The first-order valence-corrected chi connectivity index (χ1v) is 11.4. The summed E-state index contributed by atoms with van der Waals surface area (Å²) in [4.78, 5) is 14.6. The average molecular weight is 432 g/mol. The highest BCUT2D eigenvalue weighted by Gasteiger charge is 2.22. The van der Waals surface area contributed by atoms with Crippen LogP contribution in [-0.4, -0.2) is 51.0 Å². The minimum absolute atomic E-state index is 0.0363. The summed E-state index contributed by atoms with van der Waals surface area (Å²) in [6, 6.07) is 12.5. The van der Waals surface area contributed by atoms with Crippen molar-refractivity contribution < 1.29 is 17.6 Å². The van der Waals surface area contributed by atoms with E-state index in [2.05, 4.69) is 5.32 Å². The molecule has 0 unspecified atom stereocenters. The van der Waals surface area contributed by atoms with Gasteiger partial charge in [-0.15, -0.1) is 0 Å². The number of sulfone groups is 1. The van der Waals surface area contributed by atoms with Gasteiger partial charge in [-0.2, -0.15) is 0 Å². The number of carbonyl (C=O) groups is 1. The van der Waals surface area contributed by atoms with Gasteiger partial charge >= 0.3 is 0 Å². The Morgan fingerprint density at radius 1 is 1.10 bits per heavy atom. The fourth-order valence-corrected chi connectivity index (χ4v) is 4.89. The molecule has 160 valence electrons. The second kappa shape index (κ2) is 9.40. The van der Waals surface area contributed by atoms with Crippen molar-refractivity contribution >= 4 is 26.6 Å². The molecule has 0 fully saturated rings. The number of fused-ring (bicyclic) bond motifs is 1. The van der Waals surface area contributed by atoms with Gasteiger partial charge in [0.1, 0.15) is 12.4 Å². The molecule has 0 atom stereocenters. The van der Waals surface area contributed by atoms with Crippen LogP contribution in [0.3, 0.4) is 0 Å². The zero-order valence-electron chi connectivity index (χ0n) is 17.1. The Labute approximate surface area is 176 Å². The van der Waals surface area contributed by atoms with E-state index in [4.69, 9.17) is 0 Å². The quantitative estimate of drug-likeness (QED) is 0.529. The van der Waals surface area contributed by atoms with E-state index in [0.29, 0.717) is 23.0 Å². The van der Waals surface area contributed by atoms with E-state index in [9.17, 15) is 17.6 Å². The van der Waals surface area contributed by atoms with Crippen LogP contribution in [0.2, 0.25) is 0 Å². The van der Waals surface area contributed by atoms with Crippen molar-refractivity contribution in [2.45, 2.75) is 23.6 Å². The molecule has 0 saturated carbocycles. The third kappa shape index (κ3) is 5.46. The van der Waals surface area contributed by atoms with Crippen LogP contribution in [0, 0.1) is 5.82 Å². The first kappa shape index (κ1) is 22.0. The van der Waals surface area contributed by atoms with Crippen molar-refractivity contribution in [3.05, 3.63) is 66.1 Å². The summed E-state index contributed by atoms with van der Waals surface area (Å²) >= 11 is 0. The number of halogens is 1. The van der Waals surface area contributed by atoms with Gasteiger partial charge in [0.25, 0.3) is 0 Å². The Balaban J connectivity index is 1.81. The minimum atomic E-state index is -3.68. The third-order valence-corrected chi connectivity index (χ3v) is 6.48. The van der Waals surface area contributed by atoms with Crippen molar-refractivity contribution in [1.29, 1.82) is 0 Å². The smallest absolute Gasteiger partial charge is 0.239 e. The summed E-state index contributed by atoms with van der Waals surface area (Å²) in [5.74, 6) is -0.820. The first-order valence-electron chi connectivity index (χ1n) is 9.73. The lowest BCUT2D eigenvalue weighted by Crippen LogP contribution is -2.30. The van der Waals surface area contributed by atoms with Gasteiger partial charge in [-0.3, -0.25) is 4.79 Å². The molecule has 3 aromatic rings. The number of benzene rings is 2. The van der Waals surface area contributed by atoms with Gasteiger partial charge in [-0.25, -0.2) is 12.8 Å². The number of hydrogen-bond donors (Lipinski definition) is 1. The highest BCUT2D eigenvalue weighted by molar-refractivity contribution is 7.90. The molecule has 8 heteroatoms. The van der Waals surface area contributed by atoms with Crippen molar-refractivity contribution in [3.63, 3.8) is 0 Å². The van der Waals surface area contributed by atoms with E-state index in [1.165, 1.54) is 30.5 Å². The molecule has 1 aromatic heterocycles. The second-order valence-corrected chi connectivity index (χ2v) is 9.49. The molecule has 0 radical (unpaired) electrons. The lowest BCUT2D eigenvalue weighted by Gasteiger charge is -2.10. The van der Waals surface area contributed by atoms with Gasteiger partial charge in [0.05, 0.1) is 10.6 Å². The van der Waals surface area contributed by atoms with Crippen molar-refractivity contribution in [1.82, 2.24) is 14.8 Å². The maximum Gasteiger partial charge on any atom is 0.239 e. The van der Waals surface area contributed by atoms with Gasteiger partial charge < -0.3 is 14.8 Å². The van der Waals surface area contributed by atoms with E-state index in [1.807, 2.05) is 25.1 Å². The monoisotopic (exact) mass is 431 g/mol. The van der Waals surface area contributed by atoms with Gasteiger partial charge in [0.2, 0.25) is 5.91 Å². The molecule has 0 aliphatic rings. The number of rotatable bonds is 9. The number of amides is 1. The minimum Gasteiger partial charge on any atom is -0.355 e. The SMILES string of the molecule is CN(C)CCCNC(=O)Cn1cc(S(=O)(=O)Cc2ccc(F)cc2)c2ccccc21. The molecule has 30 heavy (non-hydrogen) atoms. The largest absolute Gasteiger partial charge is 0.355 e. The number of carbonyl (C=O) groups excluding carboxylic acids is 1. The average Bonchev–Trinajstić information content (AvgIpc) is 3.06. The number of para-hydroxylation sites is 1. The third-order valence-electron chi connectivity index (χ3n) is 4.78. The predicted octanol–water partition coefficient (Wildman–Crippen LogP) is 2.82. The molecular formula is C22H26FN3O3S. The summed E-state index contributed by atoms with van der Waals surface area (Å²) in [6.07, 6.45) is 2.35. The molecule has 0 aliphatic carbocycles. The van der Waals surface area contributed by atoms with Crippen LogP contribution in [0.25, 0.3) is 10.9 Å². The van der Waals surface area contributed by atoms with E-state index >= 15 is 0 Å². The van der Waals surface area contributed by atoms with Gasteiger partial charge in [-0.05, 0) is 50.8 Å². The van der Waals surface area contributed by atoms with Crippen molar-refractivity contribution in [2.75, 3.05) is 27.2 Å². The Morgan fingerprint density at radius 3 is 2.50 bits per heavy atom. The molecule has 2 aromatic carbocycles. The molecular weight excluding hydrogens is 405 g/mol. The standard InChI is InChI=1S/C22H26FN3O3S/c1-25(2)13-5-12-24-22(27)15-26-14-21(19-6-3-4-7-20(19)26)30(28,29)16-17-8-10-18(23)11-9-17/h3-4,6-11,14H,5,12-13,15-16H2,1-2H3,(H,24,27). The Hall–Kier alpha value is -2.71. The fourth-order valence-electron chi connectivity index (χ4n) is 3.30. The summed E-state index contributed by atoms with van der Waals surface area (Å²) in [5, 5.41) is 3.44. The first-order chi connectivity index (χ1) is 14.3. The summed E-state index contributed by atoms with van der Waals surface area (Å²) in [5.41, 5.74) is 1.19. The predicted molar refractivity (Wildman–Crippen MR) is 115 cm³/mol. The zero-order chi connectivity index (χ0) is 21.7. The number of aromatic nitrogens is 1. The van der Waals surface area contributed by atoms with Gasteiger partial charge in [0.15, 0.2) is 9.84 Å². The Morgan fingerprint density at radius 2 is 1.80 bits per heavy atom. The van der Waals surface area contributed by atoms with E-state index < -0.39 is 15.7 Å². The second-order valence-electron chi connectivity index (χ2n) is 7.53. The topological polar surface area (TPSA) is 71.4 Å². The van der Waals surface area contributed by atoms with Crippen molar-refractivity contribution in [3.8, 4) is 0 Å². The lowest BCUT2D eigenvalue weighted by atomic mass is 10.2. The lowest BCUT2D eigenvalue weighted by molar-refractivity contribution is -0.121.